The third-order valence-electron chi connectivity index (χ3n) is 5.81. The van der Waals surface area contributed by atoms with Crippen molar-refractivity contribution in [2.75, 3.05) is 0 Å². The van der Waals surface area contributed by atoms with E-state index in [0.717, 1.165) is 19.3 Å². The van der Waals surface area contributed by atoms with Crippen LogP contribution in [0.25, 0.3) is 0 Å². The van der Waals surface area contributed by atoms with Crippen molar-refractivity contribution in [3.05, 3.63) is 0 Å². The molecule has 152 valence electrons. The zero-order chi connectivity index (χ0) is 19.1. The van der Waals surface area contributed by atoms with Gasteiger partial charge in [0, 0.05) is 5.92 Å². The maximum atomic E-state index is 9.64. The zero-order valence-corrected chi connectivity index (χ0v) is 17.4. The van der Waals surface area contributed by atoms with Crippen molar-refractivity contribution in [2.45, 2.75) is 129 Å². The van der Waals surface area contributed by atoms with Gasteiger partial charge in [-0.15, -0.1) is 0 Å². The van der Waals surface area contributed by atoms with Crippen LogP contribution in [0, 0.1) is 11.8 Å². The first-order chi connectivity index (χ1) is 11.9. The third-order valence-corrected chi connectivity index (χ3v) is 5.81. The molecule has 0 aliphatic rings. The predicted molar refractivity (Wildman–Crippen MR) is 108 cm³/mol. The molecular weight excluding hydrogens is 312 g/mol. The highest BCUT2D eigenvalue weighted by Crippen LogP contribution is 2.20. The summed E-state index contributed by atoms with van der Waals surface area (Å²) in [6, 6.07) is 0. The van der Waals surface area contributed by atoms with Gasteiger partial charge in [0.15, 0.2) is 0 Å². The molecule has 0 fully saturated rings. The lowest BCUT2D eigenvalue weighted by atomic mass is 9.91. The van der Waals surface area contributed by atoms with E-state index in [0.29, 0.717) is 5.92 Å². The maximum absolute atomic E-state index is 9.64. The largest absolute Gasteiger partial charge is 0.393 e. The van der Waals surface area contributed by atoms with Gasteiger partial charge in [-0.25, -0.2) is 0 Å². The molecule has 0 radical (unpaired) electrons. The summed E-state index contributed by atoms with van der Waals surface area (Å²) in [5.74, 6) is 0.517. The third kappa shape index (κ3) is 13.7. The first kappa shape index (κ1) is 24.9. The number of hydrogen-bond donors (Lipinski definition) is 3. The lowest BCUT2D eigenvalue weighted by molar-refractivity contribution is 0.0258. The van der Waals surface area contributed by atoms with Crippen molar-refractivity contribution < 1.29 is 15.3 Å². The molecule has 0 saturated heterocycles. The Morgan fingerprint density at radius 3 is 1.20 bits per heavy atom. The fourth-order valence-electron chi connectivity index (χ4n) is 3.87. The summed E-state index contributed by atoms with van der Waals surface area (Å²) in [5, 5.41) is 28.9. The Bertz CT molecular complexity index is 268. The molecule has 3 heteroatoms. The Morgan fingerprint density at radius 2 is 0.880 bits per heavy atom. The first-order valence-corrected chi connectivity index (χ1v) is 10.9. The molecule has 3 nitrogen and oxygen atoms in total. The van der Waals surface area contributed by atoms with E-state index in [-0.39, 0.29) is 12.0 Å². The molecule has 4 atom stereocenters. The quantitative estimate of drug-likeness (QED) is 0.303. The Kier molecular flexibility index (Phi) is 16.0. The van der Waals surface area contributed by atoms with Crippen LogP contribution >= 0.6 is 0 Å². The Hall–Kier alpha value is -0.120. The molecule has 4 unspecified atom stereocenters. The molecule has 0 spiro atoms. The molecule has 0 heterocycles. The van der Waals surface area contributed by atoms with Gasteiger partial charge < -0.3 is 15.3 Å². The average Bonchev–Trinajstić information content (AvgIpc) is 2.54. The normalized spacial score (nSPS) is 17.9. The summed E-state index contributed by atoms with van der Waals surface area (Å²) in [5.41, 5.74) is 0. The van der Waals surface area contributed by atoms with Crippen LogP contribution in [0.2, 0.25) is 0 Å². The van der Waals surface area contributed by atoms with Gasteiger partial charge in [0.25, 0.3) is 0 Å². The summed E-state index contributed by atoms with van der Waals surface area (Å²) >= 11 is 0. The van der Waals surface area contributed by atoms with Crippen LogP contribution < -0.4 is 0 Å². The van der Waals surface area contributed by atoms with Gasteiger partial charge in [0.05, 0.1) is 18.3 Å². The number of rotatable bonds is 17. The highest BCUT2D eigenvalue weighted by atomic mass is 16.3. The molecule has 0 bridgehead atoms. The number of unbranched alkanes of at least 4 members (excludes halogenated alkanes) is 9. The second-order valence-corrected chi connectivity index (χ2v) is 8.17. The molecule has 0 aliphatic heterocycles. The average molecular weight is 359 g/mol. The van der Waals surface area contributed by atoms with Gasteiger partial charge in [-0.2, -0.15) is 0 Å². The summed E-state index contributed by atoms with van der Waals surface area (Å²) in [4.78, 5) is 0. The lowest BCUT2D eigenvalue weighted by Crippen LogP contribution is -2.27. The van der Waals surface area contributed by atoms with Crippen LogP contribution in [0.15, 0.2) is 0 Å². The van der Waals surface area contributed by atoms with Crippen molar-refractivity contribution in [3.8, 4) is 0 Å². The Morgan fingerprint density at radius 1 is 0.520 bits per heavy atom. The lowest BCUT2D eigenvalue weighted by Gasteiger charge is -2.22. The van der Waals surface area contributed by atoms with E-state index in [2.05, 4.69) is 6.92 Å². The van der Waals surface area contributed by atoms with Crippen LogP contribution in [0.4, 0.5) is 0 Å². The van der Waals surface area contributed by atoms with E-state index in [1.54, 1.807) is 13.8 Å². The van der Waals surface area contributed by atoms with Gasteiger partial charge in [-0.05, 0) is 39.5 Å². The van der Waals surface area contributed by atoms with Crippen molar-refractivity contribution in [2.24, 2.45) is 11.8 Å². The van der Waals surface area contributed by atoms with E-state index in [9.17, 15) is 15.3 Å². The Labute approximate surface area is 157 Å². The smallest absolute Gasteiger partial charge is 0.0564 e. The first-order valence-electron chi connectivity index (χ1n) is 10.9. The van der Waals surface area contributed by atoms with Crippen LogP contribution in [0.3, 0.4) is 0 Å². The second-order valence-electron chi connectivity index (χ2n) is 8.17. The maximum Gasteiger partial charge on any atom is 0.0564 e. The predicted octanol–water partition coefficient (Wildman–Crippen LogP) is 5.45. The van der Waals surface area contributed by atoms with E-state index >= 15 is 0 Å². The van der Waals surface area contributed by atoms with Gasteiger partial charge in [0.1, 0.15) is 0 Å². The van der Waals surface area contributed by atoms with Crippen LogP contribution in [0.1, 0.15) is 111 Å². The number of aliphatic hydroxyl groups excluding tert-OH is 3. The second kappa shape index (κ2) is 16.1. The number of hydrogen-bond acceptors (Lipinski definition) is 3. The fourth-order valence-corrected chi connectivity index (χ4v) is 3.87. The molecule has 3 N–H and O–H groups in total. The van der Waals surface area contributed by atoms with E-state index in [1.165, 1.54) is 64.2 Å². The summed E-state index contributed by atoms with van der Waals surface area (Å²) in [6.07, 6.45) is 15.1. The molecule has 0 aromatic rings. The van der Waals surface area contributed by atoms with Crippen molar-refractivity contribution >= 4 is 0 Å². The van der Waals surface area contributed by atoms with Gasteiger partial charge in [-0.3, -0.25) is 0 Å². The van der Waals surface area contributed by atoms with Crippen molar-refractivity contribution in [1.29, 1.82) is 0 Å². The minimum atomic E-state index is -0.409. The molecule has 0 rings (SSSR count). The molecule has 0 saturated carbocycles. The molecule has 0 amide bonds. The van der Waals surface area contributed by atoms with E-state index in [4.69, 9.17) is 0 Å². The van der Waals surface area contributed by atoms with Gasteiger partial charge >= 0.3 is 0 Å². The van der Waals surface area contributed by atoms with E-state index in [1.807, 2.05) is 6.92 Å². The summed E-state index contributed by atoms with van der Waals surface area (Å²) < 4.78 is 0. The molecular formula is C22H46O3. The standard InChI is InChI=1S/C22H46O3/c1-5-21(18(2)23)16-14-12-10-8-6-7-9-11-13-15-17-22(19(3)24)20(4)25/h18-25H,5-17H2,1-4H3. The highest BCUT2D eigenvalue weighted by molar-refractivity contribution is 4.70. The van der Waals surface area contributed by atoms with Gasteiger partial charge in [0.2, 0.25) is 0 Å². The molecule has 0 aromatic carbocycles. The van der Waals surface area contributed by atoms with Crippen molar-refractivity contribution in [1.82, 2.24) is 0 Å². The van der Waals surface area contributed by atoms with E-state index < -0.39 is 12.2 Å². The molecule has 0 aliphatic carbocycles. The van der Waals surface area contributed by atoms with Crippen LogP contribution in [0.5, 0.6) is 0 Å². The SMILES string of the molecule is CCC(CCCCCCCCCCCCC(C(C)O)C(C)O)C(C)O. The minimum absolute atomic E-state index is 0.0288. The fraction of sp³-hybridized carbons (Fsp3) is 1.00. The Balaban J connectivity index is 3.37. The minimum Gasteiger partial charge on any atom is -0.393 e. The molecule has 0 aromatic heterocycles. The topological polar surface area (TPSA) is 60.7 Å². The summed E-state index contributed by atoms with van der Waals surface area (Å²) in [7, 11) is 0. The van der Waals surface area contributed by atoms with Gasteiger partial charge in [-0.1, -0.05) is 77.6 Å². The van der Waals surface area contributed by atoms with Crippen LogP contribution in [-0.2, 0) is 0 Å². The van der Waals surface area contributed by atoms with Crippen molar-refractivity contribution in [3.63, 3.8) is 0 Å². The monoisotopic (exact) mass is 358 g/mol. The van der Waals surface area contributed by atoms with Crippen LogP contribution in [-0.4, -0.2) is 33.6 Å². The summed E-state index contributed by atoms with van der Waals surface area (Å²) in [6.45, 7) is 7.66. The molecule has 25 heavy (non-hydrogen) atoms. The highest BCUT2D eigenvalue weighted by Gasteiger charge is 2.19. The number of aliphatic hydroxyl groups is 3. The zero-order valence-electron chi connectivity index (χ0n) is 17.4.